The maximum atomic E-state index is 12.8. The van der Waals surface area contributed by atoms with E-state index in [1.807, 2.05) is 30.2 Å². The van der Waals surface area contributed by atoms with Crippen LogP contribution in [0.1, 0.15) is 42.6 Å². The number of morpholine rings is 1. The van der Waals surface area contributed by atoms with Gasteiger partial charge in [0.2, 0.25) is 5.91 Å². The van der Waals surface area contributed by atoms with E-state index in [4.69, 9.17) is 4.74 Å². The monoisotopic (exact) mass is 327 g/mol. The first kappa shape index (κ1) is 15.3. The number of rotatable bonds is 4. The van der Waals surface area contributed by atoms with Crippen molar-refractivity contribution in [2.45, 2.75) is 31.8 Å². The topological polar surface area (TPSA) is 84.0 Å². The molecule has 24 heavy (non-hydrogen) atoms. The lowest BCUT2D eigenvalue weighted by atomic mass is 10.1. The van der Waals surface area contributed by atoms with Crippen molar-refractivity contribution < 1.29 is 9.53 Å². The fourth-order valence-corrected chi connectivity index (χ4v) is 3.28. The molecule has 2 fully saturated rings. The lowest BCUT2D eigenvalue weighted by molar-refractivity contribution is -0.140. The lowest BCUT2D eigenvalue weighted by Gasteiger charge is -2.31. The molecule has 2 aromatic heterocycles. The second kappa shape index (κ2) is 6.32. The number of amides is 1. The van der Waals surface area contributed by atoms with Gasteiger partial charge in [-0.15, -0.1) is 0 Å². The van der Waals surface area contributed by atoms with Crippen LogP contribution in [0.15, 0.2) is 24.5 Å². The van der Waals surface area contributed by atoms with Gasteiger partial charge >= 0.3 is 0 Å². The number of pyridine rings is 1. The largest absolute Gasteiger partial charge is 0.366 e. The van der Waals surface area contributed by atoms with Crippen molar-refractivity contribution in [3.05, 3.63) is 41.7 Å². The number of hydrogen-bond acceptors (Lipinski definition) is 5. The molecule has 1 amide bonds. The van der Waals surface area contributed by atoms with Crippen molar-refractivity contribution in [3.8, 4) is 0 Å². The SMILES string of the molecule is CCc1nc(C2CN(C(=O)C3CC3c3cccnc3)CCO2)n[nH]1. The van der Waals surface area contributed by atoms with Gasteiger partial charge in [0.05, 0.1) is 13.2 Å². The number of carbonyl (C=O) groups excluding carboxylic acids is 1. The summed E-state index contributed by atoms with van der Waals surface area (Å²) in [6, 6.07) is 3.97. The minimum atomic E-state index is -0.241. The Kier molecular flexibility index (Phi) is 4.02. The predicted octanol–water partition coefficient (Wildman–Crippen LogP) is 1.47. The molecule has 4 rings (SSSR count). The number of nitrogens with one attached hydrogen (secondary N) is 1. The molecule has 1 saturated carbocycles. The highest BCUT2D eigenvalue weighted by atomic mass is 16.5. The molecule has 1 aliphatic heterocycles. The summed E-state index contributed by atoms with van der Waals surface area (Å²) in [6.07, 6.45) is 5.09. The Morgan fingerprint density at radius 3 is 3.17 bits per heavy atom. The predicted molar refractivity (Wildman–Crippen MR) is 86.1 cm³/mol. The average Bonchev–Trinajstić information content (AvgIpc) is 3.30. The quantitative estimate of drug-likeness (QED) is 0.919. The summed E-state index contributed by atoms with van der Waals surface area (Å²) in [5.74, 6) is 2.08. The van der Waals surface area contributed by atoms with E-state index in [0.717, 1.165) is 24.2 Å². The Morgan fingerprint density at radius 2 is 2.42 bits per heavy atom. The normalized spacial score (nSPS) is 26.4. The Hall–Kier alpha value is -2.28. The van der Waals surface area contributed by atoms with Crippen LogP contribution in [0.4, 0.5) is 0 Å². The number of ether oxygens (including phenoxy) is 1. The zero-order chi connectivity index (χ0) is 16.5. The number of aromatic amines is 1. The van der Waals surface area contributed by atoms with Crippen molar-refractivity contribution in [1.29, 1.82) is 0 Å². The van der Waals surface area contributed by atoms with Gasteiger partial charge in [-0.05, 0) is 24.0 Å². The van der Waals surface area contributed by atoms with Gasteiger partial charge in [-0.3, -0.25) is 14.9 Å². The Bertz CT molecular complexity index is 717. The molecule has 1 aliphatic carbocycles. The van der Waals surface area contributed by atoms with Crippen LogP contribution in [0.2, 0.25) is 0 Å². The van der Waals surface area contributed by atoms with Crippen molar-refractivity contribution in [2.24, 2.45) is 5.92 Å². The van der Waals surface area contributed by atoms with Crippen molar-refractivity contribution in [1.82, 2.24) is 25.1 Å². The first-order valence-corrected chi connectivity index (χ1v) is 8.47. The minimum absolute atomic E-state index is 0.0753. The van der Waals surface area contributed by atoms with Gasteiger partial charge in [0.15, 0.2) is 5.82 Å². The van der Waals surface area contributed by atoms with Crippen LogP contribution in [-0.4, -0.2) is 50.7 Å². The number of aromatic nitrogens is 4. The maximum Gasteiger partial charge on any atom is 0.226 e. The van der Waals surface area contributed by atoms with Gasteiger partial charge in [0, 0.05) is 31.3 Å². The van der Waals surface area contributed by atoms with E-state index in [-0.39, 0.29) is 17.9 Å². The highest BCUT2D eigenvalue weighted by Crippen LogP contribution is 2.48. The number of aryl methyl sites for hydroxylation is 1. The number of nitrogens with zero attached hydrogens (tertiary/aromatic N) is 4. The smallest absolute Gasteiger partial charge is 0.226 e. The zero-order valence-electron chi connectivity index (χ0n) is 13.7. The summed E-state index contributed by atoms with van der Waals surface area (Å²) in [4.78, 5) is 23.3. The van der Waals surface area contributed by atoms with Gasteiger partial charge < -0.3 is 9.64 Å². The van der Waals surface area contributed by atoms with E-state index in [9.17, 15) is 4.79 Å². The zero-order valence-corrected chi connectivity index (χ0v) is 13.7. The first-order chi connectivity index (χ1) is 11.8. The maximum absolute atomic E-state index is 12.8. The molecule has 0 aromatic carbocycles. The van der Waals surface area contributed by atoms with Crippen molar-refractivity contribution >= 4 is 5.91 Å². The molecule has 0 spiro atoms. The van der Waals surface area contributed by atoms with E-state index in [1.54, 1.807) is 6.20 Å². The van der Waals surface area contributed by atoms with Crippen LogP contribution in [0, 0.1) is 5.92 Å². The van der Waals surface area contributed by atoms with Crippen LogP contribution >= 0.6 is 0 Å². The summed E-state index contributed by atoms with van der Waals surface area (Å²) >= 11 is 0. The van der Waals surface area contributed by atoms with E-state index in [2.05, 4.69) is 20.2 Å². The van der Waals surface area contributed by atoms with Crippen LogP contribution in [0.3, 0.4) is 0 Å². The number of carbonyl (C=O) groups is 1. The molecule has 2 aromatic rings. The molecule has 7 heteroatoms. The number of H-pyrrole nitrogens is 1. The highest BCUT2D eigenvalue weighted by Gasteiger charge is 2.46. The molecular weight excluding hydrogens is 306 g/mol. The second-order valence-corrected chi connectivity index (χ2v) is 6.37. The molecule has 7 nitrogen and oxygen atoms in total. The van der Waals surface area contributed by atoms with Crippen molar-refractivity contribution in [3.63, 3.8) is 0 Å². The molecule has 0 radical (unpaired) electrons. The summed E-state index contributed by atoms with van der Waals surface area (Å²) in [5, 5.41) is 7.13. The summed E-state index contributed by atoms with van der Waals surface area (Å²) in [5.41, 5.74) is 1.15. The Morgan fingerprint density at radius 1 is 1.50 bits per heavy atom. The third-order valence-electron chi connectivity index (χ3n) is 4.77. The van der Waals surface area contributed by atoms with Crippen LogP contribution in [-0.2, 0) is 16.0 Å². The molecule has 126 valence electrons. The van der Waals surface area contributed by atoms with E-state index >= 15 is 0 Å². The Labute approximate surface area is 140 Å². The van der Waals surface area contributed by atoms with Gasteiger partial charge in [-0.25, -0.2) is 4.98 Å². The van der Waals surface area contributed by atoms with Gasteiger partial charge in [-0.1, -0.05) is 13.0 Å². The third kappa shape index (κ3) is 2.91. The van der Waals surface area contributed by atoms with E-state index in [1.165, 1.54) is 0 Å². The average molecular weight is 327 g/mol. The van der Waals surface area contributed by atoms with Gasteiger partial charge in [0.25, 0.3) is 0 Å². The Balaban J connectivity index is 1.40. The van der Waals surface area contributed by atoms with E-state index < -0.39 is 0 Å². The molecule has 2 aliphatic rings. The first-order valence-electron chi connectivity index (χ1n) is 8.47. The molecule has 0 bridgehead atoms. The highest BCUT2D eigenvalue weighted by molar-refractivity contribution is 5.83. The van der Waals surface area contributed by atoms with Crippen LogP contribution in [0.5, 0.6) is 0 Å². The molecule has 3 unspecified atom stereocenters. The molecule has 1 N–H and O–H groups in total. The third-order valence-corrected chi connectivity index (χ3v) is 4.77. The fraction of sp³-hybridized carbons (Fsp3) is 0.529. The van der Waals surface area contributed by atoms with Crippen LogP contribution < -0.4 is 0 Å². The van der Waals surface area contributed by atoms with Crippen molar-refractivity contribution in [2.75, 3.05) is 19.7 Å². The van der Waals surface area contributed by atoms with E-state index in [0.29, 0.717) is 31.4 Å². The summed E-state index contributed by atoms with van der Waals surface area (Å²) in [7, 11) is 0. The fourth-order valence-electron chi connectivity index (χ4n) is 3.28. The van der Waals surface area contributed by atoms with Gasteiger partial charge in [-0.2, -0.15) is 5.10 Å². The number of hydrogen-bond donors (Lipinski definition) is 1. The molecule has 3 heterocycles. The summed E-state index contributed by atoms with van der Waals surface area (Å²) in [6.45, 7) is 3.71. The van der Waals surface area contributed by atoms with Crippen LogP contribution in [0.25, 0.3) is 0 Å². The van der Waals surface area contributed by atoms with Gasteiger partial charge in [0.1, 0.15) is 11.9 Å². The lowest BCUT2D eigenvalue weighted by Crippen LogP contribution is -2.43. The summed E-state index contributed by atoms with van der Waals surface area (Å²) < 4.78 is 5.76. The second-order valence-electron chi connectivity index (χ2n) is 6.37. The molecular formula is C17H21N5O2. The minimum Gasteiger partial charge on any atom is -0.366 e. The molecule has 1 saturated heterocycles. The standard InChI is InChI=1S/C17H21N5O2/c1-2-15-19-16(21-20-15)14-10-22(6-7-24-14)17(23)13-8-12(13)11-4-3-5-18-9-11/h3-5,9,12-14H,2,6-8,10H2,1H3,(H,19,20,21). The molecule has 3 atom stereocenters.